The fourth-order valence-corrected chi connectivity index (χ4v) is 3.17. The molecule has 0 aliphatic carbocycles. The van der Waals surface area contributed by atoms with E-state index in [9.17, 15) is 14.0 Å². The first-order chi connectivity index (χ1) is 13.5. The number of para-hydroxylation sites is 1. The Bertz CT molecular complexity index is 996. The summed E-state index contributed by atoms with van der Waals surface area (Å²) in [6.45, 7) is 3.79. The molecule has 5 nitrogen and oxygen atoms in total. The molecule has 2 N–H and O–H groups in total. The molecule has 0 aliphatic rings. The first kappa shape index (κ1) is 19.4. The number of aryl methyl sites for hydroxylation is 2. The summed E-state index contributed by atoms with van der Waals surface area (Å²) < 4.78 is 15.2. The van der Waals surface area contributed by atoms with E-state index in [-0.39, 0.29) is 24.1 Å². The second-order valence-electron chi connectivity index (χ2n) is 6.59. The second kappa shape index (κ2) is 8.52. The lowest BCUT2D eigenvalue weighted by atomic mass is 10.1. The number of nitrogens with zero attached hydrogens (tertiary/aromatic N) is 1. The van der Waals surface area contributed by atoms with Gasteiger partial charge in [0.15, 0.2) is 0 Å². The summed E-state index contributed by atoms with van der Waals surface area (Å²) in [4.78, 5) is 24.5. The lowest BCUT2D eigenvalue weighted by Crippen LogP contribution is -2.41. The van der Waals surface area contributed by atoms with Gasteiger partial charge in [0.05, 0.1) is 5.56 Å². The number of hydrogen-bond acceptors (Lipinski definition) is 2. The van der Waals surface area contributed by atoms with Gasteiger partial charge in [0.25, 0.3) is 5.91 Å². The third-order valence-corrected chi connectivity index (χ3v) is 4.54. The van der Waals surface area contributed by atoms with Gasteiger partial charge in [-0.3, -0.25) is 20.4 Å². The Labute approximate surface area is 163 Å². The topological polar surface area (TPSA) is 63.1 Å². The molecule has 0 unspecified atom stereocenters. The predicted molar refractivity (Wildman–Crippen MR) is 106 cm³/mol. The molecule has 0 saturated carbocycles. The number of rotatable bonds is 5. The predicted octanol–water partition coefficient (Wildman–Crippen LogP) is 3.63. The number of amides is 2. The second-order valence-corrected chi connectivity index (χ2v) is 6.59. The molecule has 3 aromatic rings. The summed E-state index contributed by atoms with van der Waals surface area (Å²) >= 11 is 0. The molecule has 0 atom stereocenters. The molecule has 3 rings (SSSR count). The van der Waals surface area contributed by atoms with E-state index in [1.54, 1.807) is 18.2 Å². The van der Waals surface area contributed by atoms with Gasteiger partial charge in [-0.25, -0.2) is 4.39 Å². The fourth-order valence-electron chi connectivity index (χ4n) is 3.17. The normalized spacial score (nSPS) is 10.5. The highest BCUT2D eigenvalue weighted by Gasteiger charge is 2.17. The van der Waals surface area contributed by atoms with Crippen LogP contribution in [0.25, 0.3) is 5.69 Å². The molecule has 0 fully saturated rings. The molecule has 6 heteroatoms. The molecule has 144 valence electrons. The summed E-state index contributed by atoms with van der Waals surface area (Å²) in [7, 11) is 0. The van der Waals surface area contributed by atoms with Gasteiger partial charge in [-0.05, 0) is 56.2 Å². The number of nitrogens with one attached hydrogen (secondary N) is 2. The van der Waals surface area contributed by atoms with Crippen LogP contribution in [0.15, 0.2) is 60.7 Å². The smallest absolute Gasteiger partial charge is 0.271 e. The first-order valence-corrected chi connectivity index (χ1v) is 9.03. The number of benzene rings is 2. The van der Waals surface area contributed by atoms with E-state index in [2.05, 4.69) is 10.9 Å². The van der Waals surface area contributed by atoms with Crippen LogP contribution in [0.5, 0.6) is 0 Å². The Morgan fingerprint density at radius 2 is 1.71 bits per heavy atom. The Balaban J connectivity index is 1.60. The molecule has 1 aromatic heterocycles. The molecular formula is C22H22FN3O2. The molecule has 0 spiro atoms. The summed E-state index contributed by atoms with van der Waals surface area (Å²) in [5.74, 6) is -1.05. The lowest BCUT2D eigenvalue weighted by molar-refractivity contribution is -0.121. The third kappa shape index (κ3) is 4.46. The zero-order chi connectivity index (χ0) is 20.1. The Kier molecular flexibility index (Phi) is 5.89. The Hall–Kier alpha value is -3.41. The number of hydrazine groups is 1. The number of carbonyl (C=O) groups is 2. The van der Waals surface area contributed by atoms with Crippen LogP contribution >= 0.6 is 0 Å². The average Bonchev–Trinajstić information content (AvgIpc) is 2.99. The molecule has 0 bridgehead atoms. The van der Waals surface area contributed by atoms with E-state index >= 15 is 0 Å². The minimum Gasteiger partial charge on any atom is -0.318 e. The van der Waals surface area contributed by atoms with Crippen LogP contribution in [0.4, 0.5) is 4.39 Å². The Morgan fingerprint density at radius 1 is 0.964 bits per heavy atom. The van der Waals surface area contributed by atoms with Crippen molar-refractivity contribution in [1.82, 2.24) is 15.4 Å². The molecule has 0 aliphatic heterocycles. The highest BCUT2D eigenvalue weighted by atomic mass is 19.1. The molecule has 0 saturated heterocycles. The standard InChI is InChI=1S/C22H22FN3O2/c1-15-13-20(16(2)26(15)19-9-4-3-5-10-19)22(28)25-24-21(27)12-11-17-7-6-8-18(23)14-17/h3-10,13-14H,11-12H2,1-2H3,(H,24,27)(H,25,28). The molecule has 1 heterocycles. The van der Waals surface area contributed by atoms with Crippen LogP contribution in [-0.4, -0.2) is 16.4 Å². The van der Waals surface area contributed by atoms with Crippen molar-refractivity contribution < 1.29 is 14.0 Å². The van der Waals surface area contributed by atoms with E-state index in [1.165, 1.54) is 12.1 Å². The highest BCUT2D eigenvalue weighted by Crippen LogP contribution is 2.20. The zero-order valence-electron chi connectivity index (χ0n) is 15.8. The fraction of sp³-hybridized carbons (Fsp3) is 0.182. The van der Waals surface area contributed by atoms with Crippen molar-refractivity contribution in [2.45, 2.75) is 26.7 Å². The monoisotopic (exact) mass is 379 g/mol. The van der Waals surface area contributed by atoms with Gasteiger partial charge in [-0.2, -0.15) is 0 Å². The highest BCUT2D eigenvalue weighted by molar-refractivity contribution is 5.97. The Morgan fingerprint density at radius 3 is 2.43 bits per heavy atom. The number of hydrogen-bond donors (Lipinski definition) is 2. The van der Waals surface area contributed by atoms with E-state index in [0.717, 1.165) is 22.6 Å². The van der Waals surface area contributed by atoms with Crippen molar-refractivity contribution in [2.75, 3.05) is 0 Å². The molecule has 2 aromatic carbocycles. The van der Waals surface area contributed by atoms with Gasteiger partial charge in [0, 0.05) is 23.5 Å². The van der Waals surface area contributed by atoms with Gasteiger partial charge in [0.1, 0.15) is 5.82 Å². The minimum atomic E-state index is -0.380. The maximum atomic E-state index is 13.2. The SMILES string of the molecule is Cc1cc(C(=O)NNC(=O)CCc2cccc(F)c2)c(C)n1-c1ccccc1. The number of aromatic nitrogens is 1. The lowest BCUT2D eigenvalue weighted by Gasteiger charge is -2.10. The van der Waals surface area contributed by atoms with Crippen LogP contribution in [-0.2, 0) is 11.2 Å². The van der Waals surface area contributed by atoms with Crippen LogP contribution in [0.2, 0.25) is 0 Å². The number of halogens is 1. The van der Waals surface area contributed by atoms with Gasteiger partial charge in [0.2, 0.25) is 5.91 Å². The summed E-state index contributed by atoms with van der Waals surface area (Å²) in [5, 5.41) is 0. The molecule has 0 radical (unpaired) electrons. The minimum absolute atomic E-state index is 0.146. The van der Waals surface area contributed by atoms with Gasteiger partial charge < -0.3 is 4.57 Å². The summed E-state index contributed by atoms with van der Waals surface area (Å²) in [6.07, 6.45) is 0.536. The van der Waals surface area contributed by atoms with E-state index in [0.29, 0.717) is 12.0 Å². The summed E-state index contributed by atoms with van der Waals surface area (Å²) in [6, 6.07) is 17.6. The van der Waals surface area contributed by atoms with Crippen LogP contribution < -0.4 is 10.9 Å². The average molecular weight is 379 g/mol. The van der Waals surface area contributed by atoms with E-state index in [1.807, 2.05) is 48.7 Å². The van der Waals surface area contributed by atoms with Crippen LogP contribution in [0.1, 0.15) is 33.7 Å². The largest absolute Gasteiger partial charge is 0.318 e. The van der Waals surface area contributed by atoms with E-state index in [4.69, 9.17) is 0 Å². The van der Waals surface area contributed by atoms with Crippen molar-refractivity contribution in [2.24, 2.45) is 0 Å². The van der Waals surface area contributed by atoms with Crippen molar-refractivity contribution in [3.8, 4) is 5.69 Å². The van der Waals surface area contributed by atoms with Crippen molar-refractivity contribution in [3.63, 3.8) is 0 Å². The van der Waals surface area contributed by atoms with Crippen molar-refractivity contribution >= 4 is 11.8 Å². The van der Waals surface area contributed by atoms with Crippen LogP contribution in [0.3, 0.4) is 0 Å². The summed E-state index contributed by atoms with van der Waals surface area (Å²) in [5.41, 5.74) is 8.77. The van der Waals surface area contributed by atoms with Gasteiger partial charge in [-0.1, -0.05) is 30.3 Å². The van der Waals surface area contributed by atoms with Crippen LogP contribution in [0, 0.1) is 19.7 Å². The molecular weight excluding hydrogens is 357 g/mol. The van der Waals surface area contributed by atoms with Gasteiger partial charge in [-0.15, -0.1) is 0 Å². The van der Waals surface area contributed by atoms with Gasteiger partial charge >= 0.3 is 0 Å². The van der Waals surface area contributed by atoms with Crippen molar-refractivity contribution in [3.05, 3.63) is 89.0 Å². The quantitative estimate of drug-likeness (QED) is 0.665. The molecule has 2 amide bonds. The zero-order valence-corrected chi connectivity index (χ0v) is 15.8. The third-order valence-electron chi connectivity index (χ3n) is 4.54. The maximum Gasteiger partial charge on any atom is 0.271 e. The number of carbonyl (C=O) groups excluding carboxylic acids is 2. The molecule has 28 heavy (non-hydrogen) atoms. The maximum absolute atomic E-state index is 13.2. The first-order valence-electron chi connectivity index (χ1n) is 9.03. The van der Waals surface area contributed by atoms with E-state index < -0.39 is 0 Å². The van der Waals surface area contributed by atoms with Crippen molar-refractivity contribution in [1.29, 1.82) is 0 Å².